The third-order valence-electron chi connectivity index (χ3n) is 2.47. The lowest BCUT2D eigenvalue weighted by Gasteiger charge is -2.04. The summed E-state index contributed by atoms with van der Waals surface area (Å²) in [5.74, 6) is 0.439. The molecule has 0 fully saturated rings. The zero-order valence-corrected chi connectivity index (χ0v) is 9.14. The summed E-state index contributed by atoms with van der Waals surface area (Å²) >= 11 is 0. The predicted octanol–water partition coefficient (Wildman–Crippen LogP) is 1.35. The molecule has 0 bridgehead atoms. The first-order chi connectivity index (χ1) is 7.22. The number of hydrogen-bond acceptors (Lipinski definition) is 3. The quantitative estimate of drug-likeness (QED) is 0.821. The second-order valence-corrected chi connectivity index (χ2v) is 4.01. The van der Waals surface area contributed by atoms with E-state index in [4.69, 9.17) is 5.73 Å². The summed E-state index contributed by atoms with van der Waals surface area (Å²) in [7, 11) is 0. The monoisotopic (exact) mass is 204 g/mol. The van der Waals surface area contributed by atoms with Gasteiger partial charge in [-0.25, -0.2) is 9.97 Å². The molecule has 0 aliphatic rings. The van der Waals surface area contributed by atoms with Crippen LogP contribution in [0.5, 0.6) is 0 Å². The number of rotatable bonds is 3. The zero-order chi connectivity index (χ0) is 10.8. The van der Waals surface area contributed by atoms with Crippen LogP contribution in [0.2, 0.25) is 0 Å². The van der Waals surface area contributed by atoms with E-state index in [1.807, 2.05) is 16.8 Å². The van der Waals surface area contributed by atoms with E-state index < -0.39 is 0 Å². The van der Waals surface area contributed by atoms with E-state index >= 15 is 0 Å². The highest BCUT2D eigenvalue weighted by Gasteiger charge is 2.08. The Bertz CT molecular complexity index is 459. The van der Waals surface area contributed by atoms with Crippen molar-refractivity contribution in [2.75, 3.05) is 6.54 Å². The molecule has 0 radical (unpaired) electrons. The van der Waals surface area contributed by atoms with E-state index in [-0.39, 0.29) is 0 Å². The molecule has 0 saturated heterocycles. The van der Waals surface area contributed by atoms with E-state index in [2.05, 4.69) is 23.8 Å². The Kier molecular flexibility index (Phi) is 2.68. The van der Waals surface area contributed by atoms with Gasteiger partial charge in [0.05, 0.1) is 5.69 Å². The van der Waals surface area contributed by atoms with Crippen molar-refractivity contribution < 1.29 is 0 Å². The molecule has 0 atom stereocenters. The number of imidazole rings is 1. The fourth-order valence-corrected chi connectivity index (χ4v) is 1.66. The highest BCUT2D eigenvalue weighted by atomic mass is 15.0. The van der Waals surface area contributed by atoms with Gasteiger partial charge in [0, 0.05) is 24.4 Å². The van der Waals surface area contributed by atoms with Crippen LogP contribution in [0.3, 0.4) is 0 Å². The maximum atomic E-state index is 5.52. The molecular formula is C11H16N4. The van der Waals surface area contributed by atoms with Crippen molar-refractivity contribution in [1.29, 1.82) is 0 Å². The summed E-state index contributed by atoms with van der Waals surface area (Å²) in [6.07, 6.45) is 6.49. The molecule has 2 aromatic heterocycles. The Morgan fingerprint density at radius 2 is 2.27 bits per heavy atom. The van der Waals surface area contributed by atoms with E-state index in [1.165, 1.54) is 5.56 Å². The summed E-state index contributed by atoms with van der Waals surface area (Å²) in [4.78, 5) is 8.77. The standard InChI is InChI=1S/C11H16N4/c1-8(2)10-5-13-7-15-6-9(3-4-12)14-11(10)15/h5-8H,3-4,12H2,1-2H3. The summed E-state index contributed by atoms with van der Waals surface area (Å²) in [5.41, 5.74) is 8.73. The normalized spacial score (nSPS) is 11.5. The van der Waals surface area contributed by atoms with Gasteiger partial charge >= 0.3 is 0 Å². The van der Waals surface area contributed by atoms with Crippen LogP contribution in [0.15, 0.2) is 18.7 Å². The number of hydrogen-bond donors (Lipinski definition) is 1. The molecule has 80 valence electrons. The van der Waals surface area contributed by atoms with E-state index in [9.17, 15) is 0 Å². The second kappa shape index (κ2) is 3.98. The molecule has 2 heterocycles. The lowest BCUT2D eigenvalue weighted by molar-refractivity contribution is 0.848. The molecule has 0 saturated carbocycles. The smallest absolute Gasteiger partial charge is 0.143 e. The van der Waals surface area contributed by atoms with Crippen molar-refractivity contribution >= 4 is 5.65 Å². The van der Waals surface area contributed by atoms with Gasteiger partial charge in [0.2, 0.25) is 0 Å². The summed E-state index contributed by atoms with van der Waals surface area (Å²) in [6.45, 7) is 4.93. The third kappa shape index (κ3) is 1.85. The summed E-state index contributed by atoms with van der Waals surface area (Å²) in [6, 6.07) is 0. The van der Waals surface area contributed by atoms with Crippen LogP contribution in [-0.2, 0) is 6.42 Å². The molecular weight excluding hydrogens is 188 g/mol. The van der Waals surface area contributed by atoms with Gasteiger partial charge in [0.25, 0.3) is 0 Å². The van der Waals surface area contributed by atoms with Crippen molar-refractivity contribution in [3.63, 3.8) is 0 Å². The minimum Gasteiger partial charge on any atom is -0.330 e. The topological polar surface area (TPSA) is 56.2 Å². The molecule has 2 aromatic rings. The molecule has 4 nitrogen and oxygen atoms in total. The molecule has 4 heteroatoms. The van der Waals surface area contributed by atoms with Gasteiger partial charge < -0.3 is 5.73 Å². The fourth-order valence-electron chi connectivity index (χ4n) is 1.66. The van der Waals surface area contributed by atoms with E-state index in [0.717, 1.165) is 17.8 Å². The number of fused-ring (bicyclic) bond motifs is 1. The number of nitrogens with two attached hydrogens (primary N) is 1. The van der Waals surface area contributed by atoms with Gasteiger partial charge in [-0.3, -0.25) is 4.40 Å². The van der Waals surface area contributed by atoms with Crippen LogP contribution < -0.4 is 5.73 Å². The van der Waals surface area contributed by atoms with Crippen molar-refractivity contribution in [2.24, 2.45) is 5.73 Å². The number of aromatic nitrogens is 3. The molecule has 0 aliphatic carbocycles. The molecule has 2 rings (SSSR count). The van der Waals surface area contributed by atoms with Gasteiger partial charge in [0.1, 0.15) is 12.0 Å². The SMILES string of the molecule is CC(C)c1cncn2cc(CCN)nc12. The Morgan fingerprint density at radius 3 is 2.93 bits per heavy atom. The molecule has 0 aliphatic heterocycles. The van der Waals surface area contributed by atoms with Crippen LogP contribution >= 0.6 is 0 Å². The van der Waals surface area contributed by atoms with Gasteiger partial charge in [0.15, 0.2) is 0 Å². The largest absolute Gasteiger partial charge is 0.330 e. The van der Waals surface area contributed by atoms with Crippen LogP contribution in [0.4, 0.5) is 0 Å². The Hall–Kier alpha value is -1.42. The molecule has 15 heavy (non-hydrogen) atoms. The molecule has 0 aromatic carbocycles. The van der Waals surface area contributed by atoms with Crippen molar-refractivity contribution in [2.45, 2.75) is 26.2 Å². The van der Waals surface area contributed by atoms with Crippen LogP contribution in [0, 0.1) is 0 Å². The van der Waals surface area contributed by atoms with Crippen LogP contribution in [-0.4, -0.2) is 20.9 Å². The van der Waals surface area contributed by atoms with Gasteiger partial charge in [-0.1, -0.05) is 13.8 Å². The summed E-state index contributed by atoms with van der Waals surface area (Å²) < 4.78 is 1.97. The fraction of sp³-hybridized carbons (Fsp3) is 0.455. The highest BCUT2D eigenvalue weighted by Crippen LogP contribution is 2.18. The van der Waals surface area contributed by atoms with E-state index in [1.54, 1.807) is 6.33 Å². The summed E-state index contributed by atoms with van der Waals surface area (Å²) in [5, 5.41) is 0. The Morgan fingerprint density at radius 1 is 1.47 bits per heavy atom. The maximum absolute atomic E-state index is 5.52. The van der Waals surface area contributed by atoms with E-state index in [0.29, 0.717) is 12.5 Å². The Labute approximate surface area is 89.2 Å². The minimum absolute atomic E-state index is 0.439. The Balaban J connectivity index is 2.54. The van der Waals surface area contributed by atoms with Gasteiger partial charge in [-0.05, 0) is 12.5 Å². The third-order valence-corrected chi connectivity index (χ3v) is 2.47. The molecule has 2 N–H and O–H groups in total. The second-order valence-electron chi connectivity index (χ2n) is 4.01. The van der Waals surface area contributed by atoms with Crippen molar-refractivity contribution in [1.82, 2.24) is 14.4 Å². The van der Waals surface area contributed by atoms with Crippen molar-refractivity contribution in [3.05, 3.63) is 30.0 Å². The highest BCUT2D eigenvalue weighted by molar-refractivity contribution is 5.49. The lowest BCUT2D eigenvalue weighted by Crippen LogP contribution is -2.02. The zero-order valence-electron chi connectivity index (χ0n) is 9.14. The predicted molar refractivity (Wildman–Crippen MR) is 59.8 cm³/mol. The first-order valence-electron chi connectivity index (χ1n) is 5.24. The minimum atomic E-state index is 0.439. The first-order valence-corrected chi connectivity index (χ1v) is 5.24. The van der Waals surface area contributed by atoms with Gasteiger partial charge in [-0.2, -0.15) is 0 Å². The molecule has 0 amide bonds. The van der Waals surface area contributed by atoms with Crippen molar-refractivity contribution in [3.8, 4) is 0 Å². The number of nitrogens with zero attached hydrogens (tertiary/aromatic N) is 3. The maximum Gasteiger partial charge on any atom is 0.143 e. The molecule has 0 spiro atoms. The lowest BCUT2D eigenvalue weighted by atomic mass is 10.1. The van der Waals surface area contributed by atoms with Crippen LogP contribution in [0.25, 0.3) is 5.65 Å². The average Bonchev–Trinajstić information content (AvgIpc) is 2.59. The van der Waals surface area contributed by atoms with Gasteiger partial charge in [-0.15, -0.1) is 0 Å². The average molecular weight is 204 g/mol. The van der Waals surface area contributed by atoms with Crippen LogP contribution in [0.1, 0.15) is 31.0 Å². The first kappa shape index (κ1) is 10.1. The molecule has 0 unspecified atom stereocenters.